The van der Waals surface area contributed by atoms with Crippen molar-refractivity contribution in [1.82, 2.24) is 9.47 Å². The highest BCUT2D eigenvalue weighted by atomic mass is 32.2. The van der Waals surface area contributed by atoms with Crippen molar-refractivity contribution in [3.8, 4) is 5.75 Å². The molecule has 12 heteroatoms. The van der Waals surface area contributed by atoms with E-state index in [9.17, 15) is 27.5 Å². The predicted octanol–water partition coefficient (Wildman–Crippen LogP) is 1.05. The Morgan fingerprint density at radius 2 is 1.84 bits per heavy atom. The summed E-state index contributed by atoms with van der Waals surface area (Å²) in [4.78, 5) is 28.1. The van der Waals surface area contributed by atoms with E-state index in [0.717, 1.165) is 19.2 Å². The highest BCUT2D eigenvalue weighted by Crippen LogP contribution is 2.42. The van der Waals surface area contributed by atoms with Crippen molar-refractivity contribution in [3.05, 3.63) is 33.9 Å². The molecule has 1 aromatic carbocycles. The quantitative estimate of drug-likeness (QED) is 0.636. The molecule has 0 amide bonds. The second kappa shape index (κ2) is 8.44. The van der Waals surface area contributed by atoms with Gasteiger partial charge in [0.05, 0.1) is 23.2 Å². The first-order chi connectivity index (χ1) is 14.4. The molecule has 1 atom stereocenters. The van der Waals surface area contributed by atoms with Gasteiger partial charge in [-0.15, -0.1) is 0 Å². The Labute approximate surface area is 178 Å². The summed E-state index contributed by atoms with van der Waals surface area (Å²) >= 11 is 0. The first kappa shape index (κ1) is 23.0. The van der Waals surface area contributed by atoms with Crippen LogP contribution in [-0.2, 0) is 10.1 Å². The minimum absolute atomic E-state index is 0.0434. The Balaban J connectivity index is 0.000000491. The third-order valence-electron chi connectivity index (χ3n) is 5.19. The van der Waals surface area contributed by atoms with Crippen LogP contribution >= 0.6 is 0 Å². The number of benzene rings is 1. The number of carboxylic acid groups (broad SMARTS) is 1. The average Bonchev–Trinajstić information content (AvgIpc) is 2.65. The summed E-state index contributed by atoms with van der Waals surface area (Å²) in [7, 11) is -1.65. The van der Waals surface area contributed by atoms with Crippen molar-refractivity contribution < 1.29 is 32.0 Å². The molecule has 0 bridgehead atoms. The average molecular weight is 457 g/mol. The van der Waals surface area contributed by atoms with Gasteiger partial charge in [0, 0.05) is 32.4 Å². The molecule has 170 valence electrons. The van der Waals surface area contributed by atoms with E-state index in [-0.39, 0.29) is 23.6 Å². The minimum Gasteiger partial charge on any atom is -0.487 e. The van der Waals surface area contributed by atoms with E-state index in [2.05, 4.69) is 4.90 Å². The van der Waals surface area contributed by atoms with E-state index in [1.165, 1.54) is 6.20 Å². The summed E-state index contributed by atoms with van der Waals surface area (Å²) < 4.78 is 48.4. The van der Waals surface area contributed by atoms with Gasteiger partial charge >= 0.3 is 5.97 Å². The first-order valence-electron chi connectivity index (χ1n) is 9.52. The van der Waals surface area contributed by atoms with Crippen LogP contribution in [0.1, 0.15) is 23.3 Å². The van der Waals surface area contributed by atoms with Gasteiger partial charge in [0.15, 0.2) is 11.6 Å². The summed E-state index contributed by atoms with van der Waals surface area (Å²) in [6, 6.07) is 0.994. The molecule has 0 radical (unpaired) electrons. The summed E-state index contributed by atoms with van der Waals surface area (Å²) in [5.74, 6) is -1.54. The molecule has 1 aromatic heterocycles. The lowest BCUT2D eigenvalue weighted by molar-refractivity contribution is 0.0694. The molecule has 2 N–H and O–H groups in total. The number of carbonyl (C=O) groups is 1. The van der Waals surface area contributed by atoms with Gasteiger partial charge in [0.2, 0.25) is 5.43 Å². The van der Waals surface area contributed by atoms with Crippen LogP contribution in [0.25, 0.3) is 10.9 Å². The van der Waals surface area contributed by atoms with Gasteiger partial charge in [-0.25, -0.2) is 9.18 Å². The number of rotatable bonds is 2. The van der Waals surface area contributed by atoms with Gasteiger partial charge in [-0.2, -0.15) is 8.42 Å². The fourth-order valence-electron chi connectivity index (χ4n) is 3.69. The van der Waals surface area contributed by atoms with Crippen LogP contribution < -0.4 is 15.1 Å². The molecule has 2 aromatic rings. The van der Waals surface area contributed by atoms with E-state index in [0.29, 0.717) is 36.3 Å². The third-order valence-corrected chi connectivity index (χ3v) is 5.19. The number of ether oxygens (including phenoxy) is 1. The summed E-state index contributed by atoms with van der Waals surface area (Å²) in [5.41, 5.74) is -0.224. The number of pyridine rings is 1. The largest absolute Gasteiger partial charge is 0.487 e. The van der Waals surface area contributed by atoms with Crippen molar-refractivity contribution in [3.63, 3.8) is 0 Å². The molecule has 1 saturated heterocycles. The first-order valence-corrected chi connectivity index (χ1v) is 11.4. The maximum Gasteiger partial charge on any atom is 0.341 e. The lowest BCUT2D eigenvalue weighted by Crippen LogP contribution is -2.45. The molecule has 3 heterocycles. The Morgan fingerprint density at radius 3 is 2.39 bits per heavy atom. The highest BCUT2D eigenvalue weighted by Gasteiger charge is 2.30. The number of aromatic nitrogens is 1. The molecule has 2 aliphatic rings. The number of hydrogen-bond acceptors (Lipinski definition) is 7. The Hall–Kier alpha value is -2.70. The summed E-state index contributed by atoms with van der Waals surface area (Å²) in [5, 5.41) is 9.36. The summed E-state index contributed by atoms with van der Waals surface area (Å²) in [6.07, 6.45) is 2.06. The second-order valence-corrected chi connectivity index (χ2v) is 9.17. The topological polar surface area (TPSA) is 129 Å². The molecule has 0 aliphatic carbocycles. The van der Waals surface area contributed by atoms with Crippen LogP contribution in [0.5, 0.6) is 5.75 Å². The number of aromatic carboxylic acids is 1. The monoisotopic (exact) mass is 457 g/mol. The van der Waals surface area contributed by atoms with Crippen LogP contribution in [0.4, 0.5) is 10.1 Å². The standard InChI is InChI=1S/C18H20FN3O4.CH4O3S/c1-10-9-26-17-14-11(16(23)12(18(24)25)8-22(10)14)7-13(19)15(17)21-5-3-20(2)4-6-21;1-5(2,3)4/h7-8,10H,3-6,9H2,1-2H3,(H,24,25);1H3,(H,2,3,4)/t10-;/m1./s1. The molecule has 4 rings (SSSR count). The molecule has 2 aliphatic heterocycles. The zero-order chi connectivity index (χ0) is 23.1. The van der Waals surface area contributed by atoms with Gasteiger partial charge in [-0.05, 0) is 20.0 Å². The molecule has 0 unspecified atom stereocenters. The van der Waals surface area contributed by atoms with Crippen molar-refractivity contribution in [1.29, 1.82) is 0 Å². The zero-order valence-electron chi connectivity index (χ0n) is 17.3. The van der Waals surface area contributed by atoms with Crippen molar-refractivity contribution in [2.24, 2.45) is 0 Å². The van der Waals surface area contributed by atoms with Crippen LogP contribution in [0.3, 0.4) is 0 Å². The lowest BCUT2D eigenvalue weighted by atomic mass is 10.1. The molecule has 10 nitrogen and oxygen atoms in total. The Morgan fingerprint density at radius 1 is 1.26 bits per heavy atom. The van der Waals surface area contributed by atoms with E-state index < -0.39 is 27.3 Å². The van der Waals surface area contributed by atoms with Crippen molar-refractivity contribution in [2.45, 2.75) is 13.0 Å². The number of piperazine rings is 1. The second-order valence-electron chi connectivity index (χ2n) is 7.70. The molecular formula is C19H24FN3O7S. The molecule has 0 saturated carbocycles. The van der Waals surface area contributed by atoms with E-state index >= 15 is 0 Å². The van der Waals surface area contributed by atoms with Gasteiger partial charge in [0.1, 0.15) is 17.9 Å². The predicted molar refractivity (Wildman–Crippen MR) is 113 cm³/mol. The molecule has 1 fully saturated rings. The smallest absolute Gasteiger partial charge is 0.341 e. The number of carboxylic acids is 1. The summed E-state index contributed by atoms with van der Waals surface area (Å²) in [6.45, 7) is 5.08. The fraction of sp³-hybridized carbons (Fsp3) is 0.474. The zero-order valence-corrected chi connectivity index (χ0v) is 18.1. The maximum absolute atomic E-state index is 15.0. The maximum atomic E-state index is 15.0. The van der Waals surface area contributed by atoms with Gasteiger partial charge in [-0.3, -0.25) is 9.35 Å². The third kappa shape index (κ3) is 4.81. The number of hydrogen-bond donors (Lipinski definition) is 2. The molecule has 31 heavy (non-hydrogen) atoms. The molecular weight excluding hydrogens is 433 g/mol. The Bertz CT molecular complexity index is 1180. The Kier molecular flexibility index (Phi) is 6.25. The number of anilines is 1. The van der Waals surface area contributed by atoms with Crippen LogP contribution in [-0.4, -0.2) is 79.6 Å². The minimum atomic E-state index is -3.67. The van der Waals surface area contributed by atoms with Crippen molar-refractivity contribution in [2.75, 3.05) is 51.0 Å². The van der Waals surface area contributed by atoms with Crippen LogP contribution in [0, 0.1) is 5.82 Å². The number of nitrogens with zero attached hydrogens (tertiary/aromatic N) is 3. The fourth-order valence-corrected chi connectivity index (χ4v) is 3.69. The molecule has 0 spiro atoms. The van der Waals surface area contributed by atoms with Crippen LogP contribution in [0.15, 0.2) is 17.1 Å². The van der Waals surface area contributed by atoms with Gasteiger partial charge < -0.3 is 24.2 Å². The van der Waals surface area contributed by atoms with Gasteiger partial charge in [0.25, 0.3) is 10.1 Å². The number of halogens is 1. The van der Waals surface area contributed by atoms with Crippen LogP contribution in [0.2, 0.25) is 0 Å². The van der Waals surface area contributed by atoms with Crippen molar-refractivity contribution >= 4 is 32.7 Å². The van der Waals surface area contributed by atoms with E-state index in [1.54, 1.807) is 4.57 Å². The lowest BCUT2D eigenvalue weighted by Gasteiger charge is -2.37. The van der Waals surface area contributed by atoms with E-state index in [4.69, 9.17) is 9.29 Å². The highest BCUT2D eigenvalue weighted by molar-refractivity contribution is 7.85. The SMILES string of the molecule is CS(=O)(=O)O.C[C@@H]1COc2c(N3CCN(C)CC3)c(F)cc3c(=O)c(C(=O)O)cn1c23. The van der Waals surface area contributed by atoms with Gasteiger partial charge in [-0.1, -0.05) is 0 Å². The normalized spacial score (nSPS) is 18.9. The number of likely N-dealkylation sites (N-methyl/N-ethyl adjacent to an activating group) is 1. The van der Waals surface area contributed by atoms with E-state index in [1.807, 2.05) is 18.9 Å².